The van der Waals surface area contributed by atoms with Crippen LogP contribution in [0.25, 0.3) is 16.6 Å². The van der Waals surface area contributed by atoms with Crippen LogP contribution in [0.1, 0.15) is 24.0 Å². The molecule has 0 spiro atoms. The first-order valence-electron chi connectivity index (χ1n) is 12.7. The maximum absolute atomic E-state index is 13.2. The first-order valence-corrected chi connectivity index (χ1v) is 13.1. The summed E-state index contributed by atoms with van der Waals surface area (Å²) in [6.07, 6.45) is 3.87. The Morgan fingerprint density at radius 1 is 1.07 bits per heavy atom. The van der Waals surface area contributed by atoms with Gasteiger partial charge in [-0.05, 0) is 73.4 Å². The van der Waals surface area contributed by atoms with Crippen molar-refractivity contribution in [3.63, 3.8) is 0 Å². The lowest BCUT2D eigenvalue weighted by atomic mass is 10.1. The highest BCUT2D eigenvalue weighted by molar-refractivity contribution is 6.31. The van der Waals surface area contributed by atoms with Gasteiger partial charge in [0.25, 0.3) is 0 Å². The molecule has 0 saturated heterocycles. The molecule has 1 N–H and O–H groups in total. The van der Waals surface area contributed by atoms with Gasteiger partial charge in [-0.3, -0.25) is 9.88 Å². The van der Waals surface area contributed by atoms with Crippen LogP contribution in [0, 0.1) is 0 Å². The van der Waals surface area contributed by atoms with Crippen molar-refractivity contribution in [3.05, 3.63) is 83.3 Å². The standard InChI is InChI=1S/C29H30ClF3N4O3/c1-36(23-10-11-26(30)25(17-23)29(31,32)33)28(38)35-21-6-8-22(9-7-21)37-19-20(24-12-13-34-18-27(24)37)5-3-4-14-40-16-15-39-2/h6-13,17-19H,3-5,14-16H2,1-2H3,(H,35,38). The Labute approximate surface area is 235 Å². The number of fused-ring (bicyclic) bond motifs is 1. The number of anilines is 2. The van der Waals surface area contributed by atoms with Gasteiger partial charge in [-0.25, -0.2) is 4.79 Å². The second-order valence-electron chi connectivity index (χ2n) is 9.18. The number of hydrogen-bond donors (Lipinski definition) is 1. The minimum absolute atomic E-state index is 0.0613. The van der Waals surface area contributed by atoms with Gasteiger partial charge >= 0.3 is 12.2 Å². The van der Waals surface area contributed by atoms with Gasteiger partial charge < -0.3 is 19.4 Å². The summed E-state index contributed by atoms with van der Waals surface area (Å²) in [5.74, 6) is 0. The van der Waals surface area contributed by atoms with Crippen LogP contribution in [0.3, 0.4) is 0 Å². The van der Waals surface area contributed by atoms with Crippen molar-refractivity contribution >= 4 is 39.9 Å². The summed E-state index contributed by atoms with van der Waals surface area (Å²) in [5, 5.41) is 3.41. The number of nitrogens with one attached hydrogen (secondary N) is 1. The first kappa shape index (κ1) is 29.4. The highest BCUT2D eigenvalue weighted by atomic mass is 35.5. The molecule has 0 aliphatic carbocycles. The third-order valence-corrected chi connectivity index (χ3v) is 6.78. The van der Waals surface area contributed by atoms with Crippen molar-refractivity contribution in [1.82, 2.24) is 9.55 Å². The Balaban J connectivity index is 1.43. The third-order valence-electron chi connectivity index (χ3n) is 6.45. The maximum atomic E-state index is 13.2. The number of pyridine rings is 1. The molecule has 2 amide bonds. The van der Waals surface area contributed by atoms with Crippen molar-refractivity contribution < 1.29 is 27.4 Å². The van der Waals surface area contributed by atoms with E-state index in [1.807, 2.05) is 24.4 Å². The molecule has 4 aromatic rings. The number of methoxy groups -OCH3 is 1. The average molecular weight is 575 g/mol. The Morgan fingerprint density at radius 3 is 2.58 bits per heavy atom. The normalized spacial score (nSPS) is 11.7. The van der Waals surface area contributed by atoms with E-state index >= 15 is 0 Å². The van der Waals surface area contributed by atoms with Gasteiger partial charge in [-0.1, -0.05) is 11.6 Å². The van der Waals surface area contributed by atoms with E-state index in [9.17, 15) is 18.0 Å². The number of halogens is 4. The summed E-state index contributed by atoms with van der Waals surface area (Å²) in [7, 11) is 3.04. The fraction of sp³-hybridized carbons (Fsp3) is 0.310. The van der Waals surface area contributed by atoms with Crippen LogP contribution in [-0.4, -0.2) is 49.6 Å². The molecule has 212 valence electrons. The molecule has 2 aromatic carbocycles. The van der Waals surface area contributed by atoms with Crippen LogP contribution >= 0.6 is 11.6 Å². The van der Waals surface area contributed by atoms with Gasteiger partial charge in [0.2, 0.25) is 0 Å². The largest absolute Gasteiger partial charge is 0.417 e. The first-order chi connectivity index (χ1) is 19.2. The number of rotatable bonds is 11. The van der Waals surface area contributed by atoms with E-state index in [0.29, 0.717) is 25.5 Å². The molecular formula is C29H30ClF3N4O3. The van der Waals surface area contributed by atoms with E-state index in [1.165, 1.54) is 18.7 Å². The highest BCUT2D eigenvalue weighted by Gasteiger charge is 2.34. The van der Waals surface area contributed by atoms with E-state index in [-0.39, 0.29) is 5.69 Å². The number of amides is 2. The van der Waals surface area contributed by atoms with Crippen molar-refractivity contribution in [2.24, 2.45) is 0 Å². The second kappa shape index (κ2) is 13.2. The van der Waals surface area contributed by atoms with Gasteiger partial charge in [-0.2, -0.15) is 13.2 Å². The van der Waals surface area contributed by atoms with Gasteiger partial charge in [0.05, 0.1) is 35.5 Å². The molecule has 0 fully saturated rings. The fourth-order valence-corrected chi connectivity index (χ4v) is 4.52. The number of unbranched alkanes of at least 4 members (excludes halogenated alkanes) is 1. The van der Waals surface area contributed by atoms with Gasteiger partial charge in [0, 0.05) is 55.6 Å². The number of benzene rings is 2. The van der Waals surface area contributed by atoms with Crippen LogP contribution < -0.4 is 10.2 Å². The van der Waals surface area contributed by atoms with E-state index in [2.05, 4.69) is 21.1 Å². The highest BCUT2D eigenvalue weighted by Crippen LogP contribution is 2.37. The van der Waals surface area contributed by atoms with E-state index in [0.717, 1.165) is 52.9 Å². The lowest BCUT2D eigenvalue weighted by Crippen LogP contribution is -2.31. The molecule has 40 heavy (non-hydrogen) atoms. The molecule has 4 rings (SSSR count). The monoisotopic (exact) mass is 574 g/mol. The lowest BCUT2D eigenvalue weighted by molar-refractivity contribution is -0.137. The minimum Gasteiger partial charge on any atom is -0.382 e. The van der Waals surface area contributed by atoms with Crippen LogP contribution in [0.2, 0.25) is 5.02 Å². The second-order valence-corrected chi connectivity index (χ2v) is 9.58. The van der Waals surface area contributed by atoms with Crippen molar-refractivity contribution in [2.45, 2.75) is 25.4 Å². The predicted molar refractivity (Wildman–Crippen MR) is 151 cm³/mol. The zero-order chi connectivity index (χ0) is 28.7. The van der Waals surface area contributed by atoms with Crippen LogP contribution in [-0.2, 0) is 22.1 Å². The number of carbonyl (C=O) groups is 1. The van der Waals surface area contributed by atoms with Gasteiger partial charge in [-0.15, -0.1) is 0 Å². The Hall–Kier alpha value is -3.60. The third kappa shape index (κ3) is 7.12. The lowest BCUT2D eigenvalue weighted by Gasteiger charge is -2.20. The number of nitrogens with zero attached hydrogens (tertiary/aromatic N) is 3. The number of urea groups is 1. The Bertz CT molecular complexity index is 1440. The minimum atomic E-state index is -4.63. The number of alkyl halides is 3. The smallest absolute Gasteiger partial charge is 0.382 e. The SMILES string of the molecule is COCCOCCCCc1cn(-c2ccc(NC(=O)N(C)c3ccc(Cl)c(C(F)(F)F)c3)cc2)c2cnccc12. The molecule has 7 nitrogen and oxygen atoms in total. The molecule has 2 heterocycles. The summed E-state index contributed by atoms with van der Waals surface area (Å²) in [6.45, 7) is 1.87. The number of aromatic nitrogens is 2. The summed E-state index contributed by atoms with van der Waals surface area (Å²) in [5.41, 5.74) is 2.60. The molecule has 2 aromatic heterocycles. The summed E-state index contributed by atoms with van der Waals surface area (Å²) in [6, 6.07) is 11.9. The average Bonchev–Trinajstić information content (AvgIpc) is 3.31. The van der Waals surface area contributed by atoms with Crippen LogP contribution in [0.15, 0.2) is 67.1 Å². The van der Waals surface area contributed by atoms with Gasteiger partial charge in [0.15, 0.2) is 0 Å². The topological polar surface area (TPSA) is 68.6 Å². The molecule has 11 heteroatoms. The van der Waals surface area contributed by atoms with E-state index < -0.39 is 22.8 Å². The molecule has 0 bridgehead atoms. The van der Waals surface area contributed by atoms with Gasteiger partial charge in [0.1, 0.15) is 0 Å². The maximum Gasteiger partial charge on any atom is 0.417 e. The molecule has 0 atom stereocenters. The summed E-state index contributed by atoms with van der Waals surface area (Å²) >= 11 is 5.70. The van der Waals surface area contributed by atoms with E-state index in [1.54, 1.807) is 25.4 Å². The fourth-order valence-electron chi connectivity index (χ4n) is 4.29. The summed E-state index contributed by atoms with van der Waals surface area (Å²) < 4.78 is 52.3. The van der Waals surface area contributed by atoms with E-state index in [4.69, 9.17) is 21.1 Å². The zero-order valence-corrected chi connectivity index (χ0v) is 22.9. The number of ether oxygens (including phenoxy) is 2. The van der Waals surface area contributed by atoms with Crippen LogP contribution in [0.5, 0.6) is 0 Å². The van der Waals surface area contributed by atoms with Crippen molar-refractivity contribution in [2.75, 3.05) is 44.2 Å². The molecule has 0 radical (unpaired) electrons. The molecule has 0 unspecified atom stereocenters. The molecular weight excluding hydrogens is 545 g/mol. The Morgan fingerprint density at radius 2 is 1.85 bits per heavy atom. The number of hydrogen-bond acceptors (Lipinski definition) is 4. The quantitative estimate of drug-likeness (QED) is 0.190. The van der Waals surface area contributed by atoms with Crippen molar-refractivity contribution in [3.8, 4) is 5.69 Å². The van der Waals surface area contributed by atoms with Crippen LogP contribution in [0.4, 0.5) is 29.3 Å². The molecule has 0 aliphatic heterocycles. The predicted octanol–water partition coefficient (Wildman–Crippen LogP) is 7.35. The number of carbonyl (C=O) groups excluding carboxylic acids is 1. The van der Waals surface area contributed by atoms with Crippen molar-refractivity contribution in [1.29, 1.82) is 0 Å². The molecule has 0 aliphatic rings. The summed E-state index contributed by atoms with van der Waals surface area (Å²) in [4.78, 5) is 18.1. The zero-order valence-electron chi connectivity index (χ0n) is 22.2. The molecule has 0 saturated carbocycles. The number of aryl methyl sites for hydroxylation is 1. The Kier molecular flexibility index (Phi) is 9.67.